The van der Waals surface area contributed by atoms with Crippen LogP contribution in [0.15, 0.2) is 0 Å². The zero-order valence-electron chi connectivity index (χ0n) is 4.30. The molecule has 0 N–H and O–H groups in total. The van der Waals surface area contributed by atoms with E-state index >= 15 is 0 Å². The molecule has 0 aromatic carbocycles. The first-order valence-corrected chi connectivity index (χ1v) is 6.30. The summed E-state index contributed by atoms with van der Waals surface area (Å²) in [5, 5.41) is 0. The van der Waals surface area contributed by atoms with Crippen LogP contribution in [0.1, 0.15) is 0 Å². The molecule has 0 rings (SSSR count). The highest BCUT2D eigenvalue weighted by molar-refractivity contribution is 14.1. The molecule has 62 valence electrons. The molecule has 0 heterocycles. The summed E-state index contributed by atoms with van der Waals surface area (Å²) in [5.74, 6) is 0. The van der Waals surface area contributed by atoms with Crippen molar-refractivity contribution in [1.82, 2.24) is 0 Å². The maximum atomic E-state index is 9.87. The van der Waals surface area contributed by atoms with Crippen LogP contribution in [0.3, 0.4) is 0 Å². The minimum absolute atomic E-state index is 0.779. The minimum atomic E-state index is -5.28. The molecule has 0 atom stereocenters. The van der Waals surface area contributed by atoms with Crippen molar-refractivity contribution in [1.29, 1.82) is 0 Å². The Morgan fingerprint density at radius 2 is 1.20 bits per heavy atom. The van der Waals surface area contributed by atoms with E-state index in [9.17, 15) is 28.7 Å². The van der Waals surface area contributed by atoms with Crippen molar-refractivity contribution in [3.8, 4) is 0 Å². The molecule has 10 heavy (non-hydrogen) atoms. The maximum absolute atomic E-state index is 9.87. The van der Waals surface area contributed by atoms with Crippen molar-refractivity contribution in [3.05, 3.63) is 0 Å². The standard InChI is InChI=1S/CH5IO6P2/c2-1(9(3,4)5)10(6,7)8/h1H,(H2,3,4,5)(H2,6,7,8)/p-4. The van der Waals surface area contributed by atoms with Gasteiger partial charge in [0.25, 0.3) is 0 Å². The SMILES string of the molecule is O=P([O-])([O-])C(I)P(=O)([O-])[O-]. The predicted octanol–water partition coefficient (Wildman–Crippen LogP) is -2.47. The lowest BCUT2D eigenvalue weighted by atomic mass is 11.9. The lowest BCUT2D eigenvalue weighted by Crippen LogP contribution is -2.30. The van der Waals surface area contributed by atoms with Crippen molar-refractivity contribution in [2.24, 2.45) is 0 Å². The molecule has 0 saturated heterocycles. The monoisotopic (exact) mass is 298 g/mol. The Morgan fingerprint density at radius 1 is 1.00 bits per heavy atom. The molecule has 0 aromatic heterocycles. The van der Waals surface area contributed by atoms with E-state index in [0.29, 0.717) is 0 Å². The molecular weight excluding hydrogens is 297 g/mol. The van der Waals surface area contributed by atoms with Crippen molar-refractivity contribution < 1.29 is 28.7 Å². The van der Waals surface area contributed by atoms with Crippen LogP contribution in [0.5, 0.6) is 0 Å². The van der Waals surface area contributed by atoms with Gasteiger partial charge in [-0.15, -0.1) is 0 Å². The highest BCUT2D eigenvalue weighted by Crippen LogP contribution is 2.53. The fraction of sp³-hybridized carbons (Fsp3) is 1.00. The van der Waals surface area contributed by atoms with Gasteiger partial charge in [-0.3, -0.25) is 0 Å². The van der Waals surface area contributed by atoms with Gasteiger partial charge < -0.3 is 28.7 Å². The Bertz CT molecular complexity index is 178. The van der Waals surface area contributed by atoms with Gasteiger partial charge in [-0.2, -0.15) is 0 Å². The molecule has 6 nitrogen and oxygen atoms in total. The molecule has 0 aromatic rings. The van der Waals surface area contributed by atoms with E-state index < -0.39 is 18.6 Å². The number of halogens is 1. The molecule has 0 spiro atoms. The Hall–Kier alpha value is 1.03. The number of hydrogen-bond donors (Lipinski definition) is 0. The van der Waals surface area contributed by atoms with Crippen molar-refractivity contribution in [2.75, 3.05) is 0 Å². The first-order chi connectivity index (χ1) is 4.15. The molecular formula is CHIO6P2-4. The maximum Gasteiger partial charge on any atom is 0.0659 e. The molecule has 0 aliphatic carbocycles. The van der Waals surface area contributed by atoms with Crippen LogP contribution in [-0.2, 0) is 9.13 Å². The molecule has 0 bridgehead atoms. The van der Waals surface area contributed by atoms with Crippen molar-refractivity contribution in [3.63, 3.8) is 0 Å². The third-order valence-electron chi connectivity index (χ3n) is 0.522. The van der Waals surface area contributed by atoms with Crippen LogP contribution in [0.2, 0.25) is 0 Å². The number of alkyl halides is 1. The number of hydrogen-bond acceptors (Lipinski definition) is 6. The van der Waals surface area contributed by atoms with E-state index in [1.165, 1.54) is 0 Å². The zero-order valence-corrected chi connectivity index (χ0v) is 8.25. The Labute approximate surface area is 70.1 Å². The van der Waals surface area contributed by atoms with Gasteiger partial charge in [0, 0.05) is 0 Å². The Balaban J connectivity index is 4.56. The molecule has 0 aliphatic rings. The van der Waals surface area contributed by atoms with Gasteiger partial charge in [-0.05, 0) is 15.2 Å². The smallest absolute Gasteiger partial charge is 0.0659 e. The molecule has 0 amide bonds. The van der Waals surface area contributed by atoms with Crippen LogP contribution in [0.4, 0.5) is 0 Å². The molecule has 0 saturated carbocycles. The second kappa shape index (κ2) is 3.18. The van der Waals surface area contributed by atoms with Gasteiger partial charge in [-0.1, -0.05) is 22.6 Å². The molecule has 9 heteroatoms. The summed E-state index contributed by atoms with van der Waals surface area (Å²) in [6.45, 7) is 0. The van der Waals surface area contributed by atoms with Gasteiger partial charge >= 0.3 is 0 Å². The largest absolute Gasteiger partial charge is 0.810 e. The molecule has 0 unspecified atom stereocenters. The summed E-state index contributed by atoms with van der Waals surface area (Å²) in [5.41, 5.74) is 0. The minimum Gasteiger partial charge on any atom is -0.810 e. The summed E-state index contributed by atoms with van der Waals surface area (Å²) < 4.78 is 17.4. The fourth-order valence-electron chi connectivity index (χ4n) is 0.173. The fourth-order valence-corrected chi connectivity index (χ4v) is 1.56. The summed E-state index contributed by atoms with van der Waals surface area (Å²) in [6.07, 6.45) is 0. The van der Waals surface area contributed by atoms with E-state index in [-0.39, 0.29) is 0 Å². The zero-order chi connectivity index (χ0) is 8.58. The average Bonchev–Trinajstić information content (AvgIpc) is 1.59. The van der Waals surface area contributed by atoms with E-state index in [0.717, 1.165) is 22.6 Å². The summed E-state index contributed by atoms with van der Waals surface area (Å²) in [7, 11) is -10.6. The Kier molecular flexibility index (Phi) is 3.51. The molecule has 0 radical (unpaired) electrons. The van der Waals surface area contributed by atoms with Gasteiger partial charge in [0.15, 0.2) is 0 Å². The first kappa shape index (κ1) is 11.0. The third kappa shape index (κ3) is 3.43. The Morgan fingerprint density at radius 3 is 1.20 bits per heavy atom. The van der Waals surface area contributed by atoms with Crippen molar-refractivity contribution >= 4 is 37.8 Å². The molecule has 0 aliphatic heterocycles. The second-order valence-electron chi connectivity index (χ2n) is 1.39. The highest BCUT2D eigenvalue weighted by Gasteiger charge is 2.11. The van der Waals surface area contributed by atoms with E-state index in [1.54, 1.807) is 0 Å². The normalized spacial score (nSPS) is 14.2. The van der Waals surface area contributed by atoms with E-state index in [1.807, 2.05) is 0 Å². The van der Waals surface area contributed by atoms with Crippen LogP contribution < -0.4 is 19.6 Å². The highest BCUT2D eigenvalue weighted by atomic mass is 127. The molecule has 0 fully saturated rings. The van der Waals surface area contributed by atoms with Crippen LogP contribution >= 0.6 is 37.8 Å². The quantitative estimate of drug-likeness (QED) is 0.316. The van der Waals surface area contributed by atoms with E-state index in [4.69, 9.17) is 0 Å². The van der Waals surface area contributed by atoms with Gasteiger partial charge in [-0.25, -0.2) is 0 Å². The summed E-state index contributed by atoms with van der Waals surface area (Å²) in [4.78, 5) is 39.5. The lowest BCUT2D eigenvalue weighted by molar-refractivity contribution is -0.325. The average molecular weight is 298 g/mol. The van der Waals surface area contributed by atoms with Gasteiger partial charge in [0.2, 0.25) is 0 Å². The first-order valence-electron chi connectivity index (χ1n) is 1.83. The van der Waals surface area contributed by atoms with Crippen LogP contribution in [0, 0.1) is 0 Å². The summed E-state index contributed by atoms with van der Waals surface area (Å²) in [6, 6.07) is 0. The third-order valence-corrected chi connectivity index (χ3v) is 7.36. The topological polar surface area (TPSA) is 126 Å². The van der Waals surface area contributed by atoms with Crippen LogP contribution in [0.25, 0.3) is 0 Å². The second-order valence-corrected chi connectivity index (χ2v) is 8.21. The van der Waals surface area contributed by atoms with Crippen molar-refractivity contribution in [2.45, 2.75) is 3.41 Å². The number of rotatable bonds is 2. The van der Waals surface area contributed by atoms with E-state index in [2.05, 4.69) is 0 Å². The predicted molar refractivity (Wildman–Crippen MR) is 33.0 cm³/mol. The summed E-state index contributed by atoms with van der Waals surface area (Å²) >= 11 is 0.779. The van der Waals surface area contributed by atoms with Gasteiger partial charge in [0.1, 0.15) is 0 Å². The van der Waals surface area contributed by atoms with Crippen LogP contribution in [-0.4, -0.2) is 3.41 Å². The van der Waals surface area contributed by atoms with Gasteiger partial charge in [0.05, 0.1) is 3.41 Å². The lowest BCUT2D eigenvalue weighted by Gasteiger charge is -2.45.